The molecule has 1 heterocycles. The van der Waals surface area contributed by atoms with Crippen LogP contribution in [-0.2, 0) is 0 Å². The van der Waals surface area contributed by atoms with Crippen molar-refractivity contribution in [2.75, 3.05) is 18.8 Å². The van der Waals surface area contributed by atoms with E-state index in [1.165, 1.54) is 68.7 Å². The van der Waals surface area contributed by atoms with Crippen LogP contribution in [0.1, 0.15) is 64.7 Å². The molecule has 0 bridgehead atoms. The molecule has 2 nitrogen and oxygen atoms in total. The van der Waals surface area contributed by atoms with Crippen molar-refractivity contribution in [3.63, 3.8) is 0 Å². The number of thioether (sulfide) groups is 1. The second-order valence-electron chi connectivity index (χ2n) is 7.37. The second kappa shape index (κ2) is 6.72. The van der Waals surface area contributed by atoms with Gasteiger partial charge in [0, 0.05) is 18.8 Å². The summed E-state index contributed by atoms with van der Waals surface area (Å²) in [6.07, 6.45) is 12.8. The molecule has 0 saturated heterocycles. The van der Waals surface area contributed by atoms with Gasteiger partial charge in [-0.05, 0) is 36.5 Å². The molecule has 1 aliphatic heterocycles. The molecular formula is C17H30N2S. The fraction of sp³-hybridized carbons (Fsp3) is 0.941. The molecule has 2 aliphatic carbocycles. The summed E-state index contributed by atoms with van der Waals surface area (Å²) in [5.41, 5.74) is 0.562. The highest BCUT2D eigenvalue weighted by atomic mass is 32.2. The smallest absolute Gasteiger partial charge is 0.156 e. The number of rotatable bonds is 2. The number of hydrogen-bond donors (Lipinski definition) is 1. The zero-order valence-corrected chi connectivity index (χ0v) is 13.8. The monoisotopic (exact) mass is 294 g/mol. The largest absolute Gasteiger partial charge is 0.365 e. The molecule has 0 amide bonds. The molecule has 20 heavy (non-hydrogen) atoms. The van der Waals surface area contributed by atoms with E-state index in [1.807, 2.05) is 11.8 Å². The summed E-state index contributed by atoms with van der Waals surface area (Å²) in [7, 11) is 0. The lowest BCUT2D eigenvalue weighted by Crippen LogP contribution is -2.39. The number of nitrogens with zero attached hydrogens (tertiary/aromatic N) is 1. The van der Waals surface area contributed by atoms with E-state index in [-0.39, 0.29) is 0 Å². The van der Waals surface area contributed by atoms with Gasteiger partial charge in [0.25, 0.3) is 0 Å². The predicted molar refractivity (Wildman–Crippen MR) is 89.4 cm³/mol. The van der Waals surface area contributed by atoms with Crippen LogP contribution in [0.15, 0.2) is 4.99 Å². The maximum absolute atomic E-state index is 4.88. The molecule has 0 aromatic heterocycles. The van der Waals surface area contributed by atoms with E-state index in [4.69, 9.17) is 4.99 Å². The number of nitrogens with one attached hydrogen (secondary N) is 1. The fourth-order valence-electron chi connectivity index (χ4n) is 4.18. The Hall–Kier alpha value is -0.180. The van der Waals surface area contributed by atoms with Crippen LogP contribution in [0.5, 0.6) is 0 Å². The van der Waals surface area contributed by atoms with Gasteiger partial charge in [-0.3, -0.25) is 4.99 Å². The molecule has 0 aromatic carbocycles. The summed E-state index contributed by atoms with van der Waals surface area (Å²) in [6.45, 7) is 4.67. The third kappa shape index (κ3) is 3.52. The maximum Gasteiger partial charge on any atom is 0.156 e. The lowest BCUT2D eigenvalue weighted by atomic mass is 9.75. The first-order chi connectivity index (χ1) is 9.77. The van der Waals surface area contributed by atoms with Crippen molar-refractivity contribution < 1.29 is 0 Å². The summed E-state index contributed by atoms with van der Waals surface area (Å²) in [5.74, 6) is 3.08. The lowest BCUT2D eigenvalue weighted by molar-refractivity contribution is 0.231. The van der Waals surface area contributed by atoms with Crippen molar-refractivity contribution in [1.82, 2.24) is 5.32 Å². The molecule has 3 heteroatoms. The van der Waals surface area contributed by atoms with E-state index in [9.17, 15) is 0 Å². The highest BCUT2D eigenvalue weighted by Crippen LogP contribution is 2.41. The molecule has 3 rings (SSSR count). The second-order valence-corrected chi connectivity index (χ2v) is 8.34. The molecule has 114 valence electrons. The fourth-order valence-corrected chi connectivity index (χ4v) is 5.34. The van der Waals surface area contributed by atoms with Gasteiger partial charge in [0.1, 0.15) is 0 Å². The molecule has 1 N–H and O–H groups in total. The zero-order chi connectivity index (χ0) is 13.8. The van der Waals surface area contributed by atoms with Gasteiger partial charge < -0.3 is 5.32 Å². The molecule has 0 aromatic rings. The summed E-state index contributed by atoms with van der Waals surface area (Å²) in [4.78, 5) is 4.88. The Labute approximate surface area is 128 Å². The van der Waals surface area contributed by atoms with E-state index in [1.54, 1.807) is 0 Å². The first kappa shape index (κ1) is 14.7. The topological polar surface area (TPSA) is 24.4 Å². The van der Waals surface area contributed by atoms with Crippen molar-refractivity contribution in [2.24, 2.45) is 22.2 Å². The first-order valence-electron chi connectivity index (χ1n) is 8.69. The van der Waals surface area contributed by atoms with Crippen LogP contribution >= 0.6 is 11.8 Å². The third-order valence-corrected chi connectivity index (χ3v) is 7.10. The van der Waals surface area contributed by atoms with Crippen molar-refractivity contribution in [3.8, 4) is 0 Å². The maximum atomic E-state index is 4.88. The Kier molecular flexibility index (Phi) is 4.95. The normalized spacial score (nSPS) is 33.8. The van der Waals surface area contributed by atoms with Crippen molar-refractivity contribution in [1.29, 1.82) is 0 Å². The Morgan fingerprint density at radius 3 is 2.65 bits per heavy atom. The van der Waals surface area contributed by atoms with Gasteiger partial charge in [0.05, 0.1) is 0 Å². The minimum absolute atomic E-state index is 0.562. The van der Waals surface area contributed by atoms with Gasteiger partial charge in [-0.15, -0.1) is 0 Å². The van der Waals surface area contributed by atoms with E-state index in [0.29, 0.717) is 5.41 Å². The van der Waals surface area contributed by atoms with Gasteiger partial charge in [0.15, 0.2) is 5.17 Å². The predicted octanol–water partition coefficient (Wildman–Crippen LogP) is 4.46. The number of aliphatic imine (C=N–C) groups is 1. The van der Waals surface area contributed by atoms with Crippen molar-refractivity contribution >= 4 is 16.9 Å². The standard InChI is InChI=1S/C17H30N2S/c1-14-7-3-4-8-15(14)11-18-16-19-12-17(13-20-16)9-5-2-6-10-17/h14-15H,2-13H2,1H3,(H,18,19). The van der Waals surface area contributed by atoms with Crippen LogP contribution in [0.25, 0.3) is 0 Å². The van der Waals surface area contributed by atoms with Gasteiger partial charge >= 0.3 is 0 Å². The van der Waals surface area contributed by atoms with Gasteiger partial charge in [-0.2, -0.15) is 0 Å². The molecular weight excluding hydrogens is 264 g/mol. The van der Waals surface area contributed by atoms with Gasteiger partial charge in [0.2, 0.25) is 0 Å². The van der Waals surface area contributed by atoms with Crippen molar-refractivity contribution in [3.05, 3.63) is 0 Å². The van der Waals surface area contributed by atoms with Crippen LogP contribution < -0.4 is 5.32 Å². The van der Waals surface area contributed by atoms with Crippen LogP contribution in [0, 0.1) is 17.3 Å². The van der Waals surface area contributed by atoms with Crippen LogP contribution in [0.3, 0.4) is 0 Å². The highest BCUT2D eigenvalue weighted by molar-refractivity contribution is 8.13. The quantitative estimate of drug-likeness (QED) is 0.813. The van der Waals surface area contributed by atoms with E-state index >= 15 is 0 Å². The third-order valence-electron chi connectivity index (χ3n) is 5.79. The van der Waals surface area contributed by atoms with E-state index < -0.39 is 0 Å². The molecule has 1 spiro atoms. The SMILES string of the molecule is CC1CCCCC1CNC1=NCC2(CCCCC2)CS1. The Balaban J connectivity index is 1.47. The molecule has 0 radical (unpaired) electrons. The molecule has 2 atom stereocenters. The molecule has 2 unspecified atom stereocenters. The highest BCUT2D eigenvalue weighted by Gasteiger charge is 2.35. The molecule has 3 aliphatic rings. The van der Waals surface area contributed by atoms with E-state index in [2.05, 4.69) is 12.2 Å². The van der Waals surface area contributed by atoms with Crippen LogP contribution in [0.4, 0.5) is 0 Å². The Bertz CT molecular complexity index is 347. The lowest BCUT2D eigenvalue weighted by Gasteiger charge is -2.38. The zero-order valence-electron chi connectivity index (χ0n) is 13.0. The van der Waals surface area contributed by atoms with Gasteiger partial charge in [-0.1, -0.05) is 57.2 Å². The molecule has 2 fully saturated rings. The van der Waals surface area contributed by atoms with Gasteiger partial charge in [-0.25, -0.2) is 0 Å². The summed E-state index contributed by atoms with van der Waals surface area (Å²) >= 11 is 2.00. The van der Waals surface area contributed by atoms with Crippen LogP contribution in [0.2, 0.25) is 0 Å². The summed E-state index contributed by atoms with van der Waals surface area (Å²) < 4.78 is 0. The minimum atomic E-state index is 0.562. The minimum Gasteiger partial charge on any atom is -0.365 e. The van der Waals surface area contributed by atoms with E-state index in [0.717, 1.165) is 24.9 Å². The Morgan fingerprint density at radius 2 is 1.95 bits per heavy atom. The number of hydrogen-bond acceptors (Lipinski definition) is 3. The average molecular weight is 295 g/mol. The summed E-state index contributed by atoms with van der Waals surface area (Å²) in [6, 6.07) is 0. The summed E-state index contributed by atoms with van der Waals surface area (Å²) in [5, 5.41) is 4.89. The van der Waals surface area contributed by atoms with Crippen molar-refractivity contribution in [2.45, 2.75) is 64.7 Å². The molecule has 2 saturated carbocycles. The van der Waals surface area contributed by atoms with Crippen LogP contribution in [-0.4, -0.2) is 24.0 Å². The first-order valence-corrected chi connectivity index (χ1v) is 9.67. The number of amidine groups is 1. The Morgan fingerprint density at radius 1 is 1.15 bits per heavy atom. The average Bonchev–Trinajstić information content (AvgIpc) is 2.49.